The van der Waals surface area contributed by atoms with Crippen molar-refractivity contribution in [3.63, 3.8) is 0 Å². The number of benzene rings is 2. The van der Waals surface area contributed by atoms with Crippen LogP contribution in [-0.4, -0.2) is 48.9 Å². The van der Waals surface area contributed by atoms with E-state index in [1.54, 1.807) is 24.3 Å². The van der Waals surface area contributed by atoms with E-state index >= 15 is 0 Å². The van der Waals surface area contributed by atoms with Gasteiger partial charge in [-0.05, 0) is 61.1 Å². The van der Waals surface area contributed by atoms with E-state index in [-0.39, 0.29) is 11.5 Å². The zero-order valence-electron chi connectivity index (χ0n) is 23.8. The molecule has 0 spiro atoms. The number of hydrogen-bond acceptors (Lipinski definition) is 5. The van der Waals surface area contributed by atoms with Crippen molar-refractivity contribution in [2.24, 2.45) is 5.92 Å². The molecule has 0 aromatic heterocycles. The molecule has 0 aliphatic heterocycles. The van der Waals surface area contributed by atoms with Crippen molar-refractivity contribution in [2.75, 3.05) is 7.11 Å². The predicted molar refractivity (Wildman–Crippen MR) is 151 cm³/mol. The molecule has 1 fully saturated rings. The molecule has 1 aliphatic carbocycles. The number of carbonyl (C=O) groups excluding carboxylic acids is 4. The summed E-state index contributed by atoms with van der Waals surface area (Å²) in [5.74, 6) is -4.66. The second-order valence-corrected chi connectivity index (χ2v) is 11.2. The molecule has 42 heavy (non-hydrogen) atoms. The standard InChI is InChI=1S/C30H35ClF3N3O5/c1-17(2)23(25(38)30(32,33)34)36-27(40)24(19-7-13-22(42-4)14-8-19)37-26(39)18(3)35-28(41)29(15-5-6-16-29)20-9-11-21(31)12-10-20/h7-14,17-18,23-24H,5-6,15-16H2,1-4H3,(H,35,41)(H,36,40)(H,37,39). The van der Waals surface area contributed by atoms with Gasteiger partial charge in [0.25, 0.3) is 5.78 Å². The number of alkyl halides is 3. The number of nitrogens with one attached hydrogen (secondary N) is 3. The summed E-state index contributed by atoms with van der Waals surface area (Å²) in [4.78, 5) is 52.2. The molecule has 2 aromatic carbocycles. The summed E-state index contributed by atoms with van der Waals surface area (Å²) in [6.45, 7) is 4.18. The summed E-state index contributed by atoms with van der Waals surface area (Å²) in [5, 5.41) is 7.97. The highest BCUT2D eigenvalue weighted by Crippen LogP contribution is 2.41. The molecule has 3 amide bonds. The van der Waals surface area contributed by atoms with E-state index in [4.69, 9.17) is 16.3 Å². The fraction of sp³-hybridized carbons (Fsp3) is 0.467. The van der Waals surface area contributed by atoms with Gasteiger partial charge < -0.3 is 20.7 Å². The van der Waals surface area contributed by atoms with Crippen LogP contribution in [0.25, 0.3) is 0 Å². The molecule has 0 saturated heterocycles. The van der Waals surface area contributed by atoms with Crippen molar-refractivity contribution in [2.45, 2.75) is 76.2 Å². The summed E-state index contributed by atoms with van der Waals surface area (Å²) in [5.41, 5.74) is 0.156. The van der Waals surface area contributed by atoms with Gasteiger partial charge in [0.2, 0.25) is 17.7 Å². The number of ether oxygens (including phenoxy) is 1. The summed E-state index contributed by atoms with van der Waals surface area (Å²) in [6, 6.07) is 8.51. The monoisotopic (exact) mass is 609 g/mol. The van der Waals surface area contributed by atoms with Gasteiger partial charge in [-0.3, -0.25) is 19.2 Å². The fourth-order valence-corrected chi connectivity index (χ4v) is 5.23. The molecule has 3 unspecified atom stereocenters. The van der Waals surface area contributed by atoms with Crippen LogP contribution in [-0.2, 0) is 24.6 Å². The molecule has 0 bridgehead atoms. The van der Waals surface area contributed by atoms with Crippen LogP contribution in [0.4, 0.5) is 13.2 Å². The molecule has 3 N–H and O–H groups in total. The van der Waals surface area contributed by atoms with E-state index < -0.39 is 53.2 Å². The van der Waals surface area contributed by atoms with Crippen molar-refractivity contribution in [1.82, 2.24) is 16.0 Å². The molecule has 1 aliphatic rings. The van der Waals surface area contributed by atoms with Crippen LogP contribution in [0.2, 0.25) is 5.02 Å². The first-order valence-electron chi connectivity index (χ1n) is 13.6. The molecule has 2 aromatic rings. The first-order chi connectivity index (χ1) is 19.7. The van der Waals surface area contributed by atoms with Gasteiger partial charge in [0, 0.05) is 5.02 Å². The Labute approximate surface area is 247 Å². The molecule has 3 atom stereocenters. The predicted octanol–water partition coefficient (Wildman–Crippen LogP) is 4.79. The molecule has 0 radical (unpaired) electrons. The number of ketones is 1. The minimum absolute atomic E-state index is 0.232. The minimum Gasteiger partial charge on any atom is -0.497 e. The average molecular weight is 610 g/mol. The van der Waals surface area contributed by atoms with Gasteiger partial charge in [-0.15, -0.1) is 0 Å². The van der Waals surface area contributed by atoms with E-state index in [2.05, 4.69) is 16.0 Å². The van der Waals surface area contributed by atoms with E-state index in [0.29, 0.717) is 23.6 Å². The Balaban J connectivity index is 1.83. The van der Waals surface area contributed by atoms with Gasteiger partial charge in [-0.1, -0.05) is 62.6 Å². The third kappa shape index (κ3) is 7.61. The maximum atomic E-state index is 13.6. The maximum Gasteiger partial charge on any atom is 0.452 e. The molecule has 228 valence electrons. The van der Waals surface area contributed by atoms with Crippen molar-refractivity contribution in [1.29, 1.82) is 0 Å². The topological polar surface area (TPSA) is 114 Å². The first-order valence-corrected chi connectivity index (χ1v) is 14.0. The van der Waals surface area contributed by atoms with Crippen LogP contribution < -0.4 is 20.7 Å². The molecule has 1 saturated carbocycles. The Kier molecular flexibility index (Phi) is 10.6. The van der Waals surface area contributed by atoms with Gasteiger partial charge in [-0.2, -0.15) is 13.2 Å². The molecular weight excluding hydrogens is 575 g/mol. The number of amides is 3. The minimum atomic E-state index is -5.17. The van der Waals surface area contributed by atoms with E-state index in [1.807, 2.05) is 0 Å². The lowest BCUT2D eigenvalue weighted by atomic mass is 9.78. The number of halogens is 4. The van der Waals surface area contributed by atoms with Crippen LogP contribution in [0.5, 0.6) is 5.75 Å². The lowest BCUT2D eigenvalue weighted by Crippen LogP contribution is -2.55. The largest absolute Gasteiger partial charge is 0.497 e. The Morgan fingerprint density at radius 2 is 1.43 bits per heavy atom. The van der Waals surface area contributed by atoms with Gasteiger partial charge >= 0.3 is 6.18 Å². The van der Waals surface area contributed by atoms with Crippen LogP contribution in [0.15, 0.2) is 48.5 Å². The second-order valence-electron chi connectivity index (χ2n) is 10.8. The van der Waals surface area contributed by atoms with Crippen molar-refractivity contribution < 1.29 is 37.1 Å². The maximum absolute atomic E-state index is 13.6. The van der Waals surface area contributed by atoms with Gasteiger partial charge in [0.05, 0.1) is 18.6 Å². The van der Waals surface area contributed by atoms with Crippen molar-refractivity contribution >= 4 is 35.1 Å². The average Bonchev–Trinajstić information content (AvgIpc) is 3.45. The number of hydrogen-bond donors (Lipinski definition) is 3. The summed E-state index contributed by atoms with van der Waals surface area (Å²) in [7, 11) is 1.43. The van der Waals surface area contributed by atoms with E-state index in [1.165, 1.54) is 52.1 Å². The zero-order chi connectivity index (χ0) is 31.2. The fourth-order valence-electron chi connectivity index (χ4n) is 5.11. The summed E-state index contributed by atoms with van der Waals surface area (Å²) >= 11 is 6.03. The highest BCUT2D eigenvalue weighted by Gasteiger charge is 2.46. The van der Waals surface area contributed by atoms with Gasteiger partial charge in [0.1, 0.15) is 17.8 Å². The highest BCUT2D eigenvalue weighted by atomic mass is 35.5. The zero-order valence-corrected chi connectivity index (χ0v) is 24.6. The molecular formula is C30H35ClF3N3O5. The number of rotatable bonds is 11. The second kappa shape index (κ2) is 13.6. The van der Waals surface area contributed by atoms with Gasteiger partial charge in [0.15, 0.2) is 0 Å². The van der Waals surface area contributed by atoms with Crippen molar-refractivity contribution in [3.05, 3.63) is 64.7 Å². The first kappa shape index (κ1) is 32.9. The van der Waals surface area contributed by atoms with Crippen LogP contribution in [0.1, 0.15) is 63.6 Å². The number of methoxy groups -OCH3 is 1. The molecule has 3 rings (SSSR count). The smallest absolute Gasteiger partial charge is 0.452 e. The van der Waals surface area contributed by atoms with Crippen molar-refractivity contribution in [3.8, 4) is 5.75 Å². The Morgan fingerprint density at radius 3 is 1.93 bits per heavy atom. The van der Waals surface area contributed by atoms with Crippen LogP contribution in [0, 0.1) is 5.92 Å². The van der Waals surface area contributed by atoms with E-state index in [9.17, 15) is 32.3 Å². The molecule has 8 nitrogen and oxygen atoms in total. The number of carbonyl (C=O) groups is 4. The summed E-state index contributed by atoms with van der Waals surface area (Å²) in [6.07, 6.45) is -2.36. The number of Topliss-reactive ketones (excluding diaryl/α,β-unsaturated/α-hetero) is 1. The Morgan fingerprint density at radius 1 is 0.857 bits per heavy atom. The Bertz CT molecular complexity index is 1280. The normalized spacial score (nSPS) is 16.7. The van der Waals surface area contributed by atoms with Crippen LogP contribution >= 0.6 is 11.6 Å². The quantitative estimate of drug-likeness (QED) is 0.339. The lowest BCUT2D eigenvalue weighted by molar-refractivity contribution is -0.175. The molecule has 12 heteroatoms. The van der Waals surface area contributed by atoms with Crippen LogP contribution in [0.3, 0.4) is 0 Å². The van der Waals surface area contributed by atoms with E-state index in [0.717, 1.165) is 18.4 Å². The SMILES string of the molecule is COc1ccc(C(NC(=O)C(C)NC(=O)C2(c3ccc(Cl)cc3)CCCC2)C(=O)NC(C(=O)C(F)(F)F)C(C)C)cc1. The highest BCUT2D eigenvalue weighted by molar-refractivity contribution is 6.30. The Hall–Kier alpha value is -3.60. The lowest BCUT2D eigenvalue weighted by Gasteiger charge is -2.30. The molecule has 0 heterocycles. The third-order valence-corrected chi connectivity index (χ3v) is 7.81. The summed E-state index contributed by atoms with van der Waals surface area (Å²) < 4.78 is 44.8. The van der Waals surface area contributed by atoms with Gasteiger partial charge in [-0.25, -0.2) is 0 Å². The third-order valence-electron chi connectivity index (χ3n) is 7.55.